The summed E-state index contributed by atoms with van der Waals surface area (Å²) >= 11 is 5.90. The number of nitro groups is 1. The molecule has 0 aliphatic rings. The maximum atomic E-state index is 11.7. The van der Waals surface area contributed by atoms with Gasteiger partial charge in [0.2, 0.25) is 0 Å². The smallest absolute Gasteiger partial charge is 0.306 e. The maximum Gasteiger partial charge on any atom is 0.306 e. The predicted molar refractivity (Wildman–Crippen MR) is 102 cm³/mol. The summed E-state index contributed by atoms with van der Waals surface area (Å²) in [5, 5.41) is 11.2. The molecule has 0 atom stereocenters. The fourth-order valence-corrected chi connectivity index (χ4v) is 3.11. The summed E-state index contributed by atoms with van der Waals surface area (Å²) in [6, 6.07) is 12.4. The molecule has 1 heterocycles. The summed E-state index contributed by atoms with van der Waals surface area (Å²) in [6.45, 7) is 2.49. The number of rotatable bonds is 7. The number of aromatic nitrogens is 2. The number of para-hydroxylation sites is 2. The summed E-state index contributed by atoms with van der Waals surface area (Å²) in [5.74, 6) is 0.445. The van der Waals surface area contributed by atoms with E-state index in [0.29, 0.717) is 19.6 Å². The van der Waals surface area contributed by atoms with E-state index in [9.17, 15) is 14.9 Å². The zero-order valence-corrected chi connectivity index (χ0v) is 15.5. The van der Waals surface area contributed by atoms with Crippen molar-refractivity contribution in [2.45, 2.75) is 26.3 Å². The zero-order valence-electron chi connectivity index (χ0n) is 14.7. The quantitative estimate of drug-likeness (QED) is 0.345. The summed E-state index contributed by atoms with van der Waals surface area (Å²) in [7, 11) is 0. The van der Waals surface area contributed by atoms with Crippen LogP contribution in [0.4, 0.5) is 5.69 Å². The number of halogens is 1. The van der Waals surface area contributed by atoms with Crippen LogP contribution in [-0.2, 0) is 22.5 Å². The monoisotopic (exact) mass is 387 g/mol. The highest BCUT2D eigenvalue weighted by Crippen LogP contribution is 2.27. The van der Waals surface area contributed by atoms with Crippen LogP contribution < -0.4 is 0 Å². The number of nitrogens with zero attached hydrogens (tertiary/aromatic N) is 3. The van der Waals surface area contributed by atoms with E-state index in [2.05, 4.69) is 4.98 Å². The molecule has 0 bridgehead atoms. The van der Waals surface area contributed by atoms with Crippen molar-refractivity contribution < 1.29 is 14.5 Å². The van der Waals surface area contributed by atoms with Gasteiger partial charge < -0.3 is 9.30 Å². The second kappa shape index (κ2) is 8.18. The molecule has 3 rings (SSSR count). The Morgan fingerprint density at radius 3 is 2.81 bits per heavy atom. The van der Waals surface area contributed by atoms with Crippen molar-refractivity contribution in [3.63, 3.8) is 0 Å². The summed E-state index contributed by atoms with van der Waals surface area (Å²) in [4.78, 5) is 27.0. The van der Waals surface area contributed by atoms with E-state index in [1.165, 1.54) is 12.1 Å². The number of ether oxygens (including phenoxy) is 1. The van der Waals surface area contributed by atoms with E-state index >= 15 is 0 Å². The van der Waals surface area contributed by atoms with Crippen LogP contribution in [0.15, 0.2) is 42.5 Å². The normalized spacial score (nSPS) is 10.9. The van der Waals surface area contributed by atoms with Crippen molar-refractivity contribution in [1.29, 1.82) is 0 Å². The fourth-order valence-electron chi connectivity index (χ4n) is 2.92. The maximum absolute atomic E-state index is 11.7. The predicted octanol–water partition coefficient (Wildman–Crippen LogP) is 4.14. The molecule has 2 aromatic carbocycles. The van der Waals surface area contributed by atoms with E-state index in [4.69, 9.17) is 16.3 Å². The minimum Gasteiger partial charge on any atom is -0.466 e. The molecule has 0 saturated heterocycles. The molecule has 7 nitrogen and oxygen atoms in total. The number of fused-ring (bicyclic) bond motifs is 1. The summed E-state index contributed by atoms with van der Waals surface area (Å²) in [5.41, 5.74) is 2.30. The van der Waals surface area contributed by atoms with Crippen molar-refractivity contribution in [3.8, 4) is 0 Å². The van der Waals surface area contributed by atoms with Gasteiger partial charge in [-0.2, -0.15) is 0 Å². The number of carbonyl (C=O) groups excluding carboxylic acids is 1. The minimum absolute atomic E-state index is 0.0989. The molecule has 140 valence electrons. The summed E-state index contributed by atoms with van der Waals surface area (Å²) < 4.78 is 6.95. The van der Waals surface area contributed by atoms with Crippen LogP contribution in [0.1, 0.15) is 24.7 Å². The van der Waals surface area contributed by atoms with Crippen LogP contribution in [0.2, 0.25) is 5.02 Å². The molecule has 1 aromatic heterocycles. The molecule has 0 saturated carbocycles. The third kappa shape index (κ3) is 4.25. The van der Waals surface area contributed by atoms with Gasteiger partial charge in [0.15, 0.2) is 0 Å². The van der Waals surface area contributed by atoms with Gasteiger partial charge in [-0.15, -0.1) is 0 Å². The topological polar surface area (TPSA) is 87.3 Å². The van der Waals surface area contributed by atoms with Crippen LogP contribution >= 0.6 is 11.6 Å². The van der Waals surface area contributed by atoms with E-state index < -0.39 is 4.92 Å². The van der Waals surface area contributed by atoms with Crippen LogP contribution in [0, 0.1) is 10.1 Å². The van der Waals surface area contributed by atoms with Gasteiger partial charge in [-0.25, -0.2) is 4.98 Å². The zero-order chi connectivity index (χ0) is 19.4. The lowest BCUT2D eigenvalue weighted by Gasteiger charge is -2.10. The standard InChI is InChI=1S/C19H18ClN3O4/c1-2-27-19(24)10-9-18-21-15-5-3-4-6-16(15)22(18)12-13-7-8-14(20)17(11-13)23(25)26/h3-8,11H,2,9-10,12H2,1H3. The van der Waals surface area contributed by atoms with E-state index in [0.717, 1.165) is 22.4 Å². The number of aryl methyl sites for hydroxylation is 1. The molecule has 0 fully saturated rings. The Labute approximate surface area is 160 Å². The molecular formula is C19H18ClN3O4. The van der Waals surface area contributed by atoms with Crippen molar-refractivity contribution >= 4 is 34.3 Å². The molecule has 27 heavy (non-hydrogen) atoms. The van der Waals surface area contributed by atoms with Gasteiger partial charge in [0, 0.05) is 19.0 Å². The van der Waals surface area contributed by atoms with E-state index in [-0.39, 0.29) is 23.1 Å². The molecule has 0 amide bonds. The fraction of sp³-hybridized carbons (Fsp3) is 0.263. The highest BCUT2D eigenvalue weighted by molar-refractivity contribution is 6.32. The molecule has 3 aromatic rings. The number of hydrogen-bond donors (Lipinski definition) is 0. The SMILES string of the molecule is CCOC(=O)CCc1nc2ccccc2n1Cc1ccc(Cl)c([N+](=O)[O-])c1. The number of hydrogen-bond acceptors (Lipinski definition) is 5. The van der Waals surface area contributed by atoms with Crippen LogP contribution in [0.3, 0.4) is 0 Å². The second-order valence-electron chi connectivity index (χ2n) is 5.95. The number of benzene rings is 2. The Hall–Kier alpha value is -2.93. The molecule has 0 radical (unpaired) electrons. The van der Waals surface area contributed by atoms with Gasteiger partial charge in [-0.05, 0) is 30.7 Å². The molecule has 8 heteroatoms. The largest absolute Gasteiger partial charge is 0.466 e. The number of esters is 1. The lowest BCUT2D eigenvalue weighted by molar-refractivity contribution is -0.384. The van der Waals surface area contributed by atoms with Crippen LogP contribution in [-0.4, -0.2) is 27.1 Å². The Balaban J connectivity index is 1.95. The first kappa shape index (κ1) is 18.8. The highest BCUT2D eigenvalue weighted by atomic mass is 35.5. The van der Waals surface area contributed by atoms with Crippen molar-refractivity contribution in [2.75, 3.05) is 6.61 Å². The van der Waals surface area contributed by atoms with Gasteiger partial charge in [0.05, 0.1) is 29.0 Å². The minimum atomic E-state index is -0.500. The molecule has 0 spiro atoms. The van der Waals surface area contributed by atoms with E-state index in [1.807, 2.05) is 28.8 Å². The second-order valence-corrected chi connectivity index (χ2v) is 6.36. The van der Waals surface area contributed by atoms with Gasteiger partial charge >= 0.3 is 5.97 Å². The average molecular weight is 388 g/mol. The van der Waals surface area contributed by atoms with E-state index in [1.54, 1.807) is 13.0 Å². The number of imidazole rings is 1. The Morgan fingerprint density at radius 2 is 2.07 bits per heavy atom. The third-order valence-electron chi connectivity index (χ3n) is 4.14. The Bertz CT molecular complexity index is 1000. The van der Waals surface area contributed by atoms with Crippen LogP contribution in [0.25, 0.3) is 11.0 Å². The lowest BCUT2D eigenvalue weighted by Crippen LogP contribution is -2.10. The Kier molecular flexibility index (Phi) is 5.71. The first-order valence-electron chi connectivity index (χ1n) is 8.52. The van der Waals surface area contributed by atoms with Gasteiger partial charge in [-0.3, -0.25) is 14.9 Å². The lowest BCUT2D eigenvalue weighted by atomic mass is 10.2. The number of carbonyl (C=O) groups is 1. The third-order valence-corrected chi connectivity index (χ3v) is 4.46. The highest BCUT2D eigenvalue weighted by Gasteiger charge is 2.16. The van der Waals surface area contributed by atoms with Gasteiger partial charge in [0.1, 0.15) is 10.8 Å². The first-order chi connectivity index (χ1) is 13.0. The van der Waals surface area contributed by atoms with Crippen molar-refractivity contribution in [3.05, 3.63) is 69.0 Å². The first-order valence-corrected chi connectivity index (χ1v) is 8.90. The van der Waals surface area contributed by atoms with Gasteiger partial charge in [0.25, 0.3) is 5.69 Å². The molecule has 0 aliphatic heterocycles. The van der Waals surface area contributed by atoms with Gasteiger partial charge in [-0.1, -0.05) is 29.8 Å². The molecule has 0 N–H and O–H groups in total. The van der Waals surface area contributed by atoms with Crippen LogP contribution in [0.5, 0.6) is 0 Å². The Morgan fingerprint density at radius 1 is 1.30 bits per heavy atom. The molecule has 0 unspecified atom stereocenters. The summed E-state index contributed by atoms with van der Waals surface area (Å²) in [6.07, 6.45) is 0.640. The molecule has 0 aliphatic carbocycles. The van der Waals surface area contributed by atoms with Crippen molar-refractivity contribution in [1.82, 2.24) is 9.55 Å². The number of nitro benzene ring substituents is 1. The average Bonchev–Trinajstić information content (AvgIpc) is 2.99. The molecular weight excluding hydrogens is 370 g/mol. The van der Waals surface area contributed by atoms with Crippen molar-refractivity contribution in [2.24, 2.45) is 0 Å².